The number of hydrogen-bond donors (Lipinski definition) is 1. The van der Waals surface area contributed by atoms with Gasteiger partial charge in [0.2, 0.25) is 0 Å². The Morgan fingerprint density at radius 2 is 2.21 bits per heavy atom. The summed E-state index contributed by atoms with van der Waals surface area (Å²) in [5.74, 6) is -1.12. The van der Waals surface area contributed by atoms with Crippen molar-refractivity contribution in [3.8, 4) is 5.75 Å². The summed E-state index contributed by atoms with van der Waals surface area (Å²) in [6, 6.07) is 2.83. The van der Waals surface area contributed by atoms with Crippen molar-refractivity contribution in [2.45, 2.75) is 26.2 Å². The molecule has 1 unspecified atom stereocenters. The number of halogens is 1. The monoisotopic (exact) mass is 196 g/mol. The van der Waals surface area contributed by atoms with Crippen molar-refractivity contribution >= 4 is 6.29 Å². The second kappa shape index (κ2) is 4.22. The minimum Gasteiger partial charge on any atom is -0.505 e. The predicted octanol–water partition coefficient (Wildman–Crippen LogP) is 2.53. The highest BCUT2D eigenvalue weighted by atomic mass is 19.1. The first-order valence-corrected chi connectivity index (χ1v) is 4.49. The second-order valence-electron chi connectivity index (χ2n) is 3.43. The van der Waals surface area contributed by atoms with E-state index in [0.717, 1.165) is 11.8 Å². The van der Waals surface area contributed by atoms with E-state index in [0.29, 0.717) is 5.56 Å². The van der Waals surface area contributed by atoms with Crippen LogP contribution in [0.1, 0.15) is 30.4 Å². The summed E-state index contributed by atoms with van der Waals surface area (Å²) in [6.45, 7) is 3.58. The molecule has 0 heterocycles. The lowest BCUT2D eigenvalue weighted by Crippen LogP contribution is -1.99. The molecule has 0 spiro atoms. The minimum atomic E-state index is -0.636. The van der Waals surface area contributed by atoms with Crippen LogP contribution in [0.4, 0.5) is 4.39 Å². The van der Waals surface area contributed by atoms with Gasteiger partial charge in [-0.3, -0.25) is 0 Å². The van der Waals surface area contributed by atoms with Gasteiger partial charge < -0.3 is 9.90 Å². The molecule has 1 N–H and O–H groups in total. The number of rotatable bonds is 3. The summed E-state index contributed by atoms with van der Waals surface area (Å²) in [5.41, 5.74) is 1.33. The van der Waals surface area contributed by atoms with Crippen LogP contribution in [0.15, 0.2) is 12.1 Å². The molecular formula is C11H13FO2. The SMILES string of the molecule is Cc1ccc(F)c(O)c1C(C)CC=O. The molecule has 1 aromatic carbocycles. The van der Waals surface area contributed by atoms with Crippen molar-refractivity contribution in [2.75, 3.05) is 0 Å². The van der Waals surface area contributed by atoms with E-state index in [2.05, 4.69) is 0 Å². The van der Waals surface area contributed by atoms with Gasteiger partial charge in [0.15, 0.2) is 11.6 Å². The molecule has 0 aliphatic carbocycles. The van der Waals surface area contributed by atoms with E-state index in [1.165, 1.54) is 6.07 Å². The van der Waals surface area contributed by atoms with Gasteiger partial charge in [0.1, 0.15) is 6.29 Å². The fourth-order valence-electron chi connectivity index (χ4n) is 1.57. The van der Waals surface area contributed by atoms with Crippen molar-refractivity contribution < 1.29 is 14.3 Å². The molecule has 0 aliphatic heterocycles. The van der Waals surface area contributed by atoms with Crippen LogP contribution >= 0.6 is 0 Å². The van der Waals surface area contributed by atoms with Gasteiger partial charge in [0.05, 0.1) is 0 Å². The van der Waals surface area contributed by atoms with Gasteiger partial charge in [-0.1, -0.05) is 13.0 Å². The van der Waals surface area contributed by atoms with Crippen LogP contribution in [0.5, 0.6) is 5.75 Å². The van der Waals surface area contributed by atoms with Gasteiger partial charge in [0.25, 0.3) is 0 Å². The minimum absolute atomic E-state index is 0.150. The number of aromatic hydroxyl groups is 1. The Kier molecular flexibility index (Phi) is 3.23. The summed E-state index contributed by atoms with van der Waals surface area (Å²) in [5, 5.41) is 9.48. The maximum Gasteiger partial charge on any atom is 0.165 e. The molecule has 1 atom stereocenters. The molecular weight excluding hydrogens is 183 g/mol. The molecule has 0 fully saturated rings. The van der Waals surface area contributed by atoms with E-state index in [1.54, 1.807) is 19.9 Å². The zero-order valence-electron chi connectivity index (χ0n) is 8.25. The molecule has 14 heavy (non-hydrogen) atoms. The first kappa shape index (κ1) is 10.7. The lowest BCUT2D eigenvalue weighted by Gasteiger charge is -2.14. The predicted molar refractivity (Wildman–Crippen MR) is 51.9 cm³/mol. The Bertz CT molecular complexity index is 347. The van der Waals surface area contributed by atoms with Gasteiger partial charge in [-0.05, 0) is 24.5 Å². The normalized spacial score (nSPS) is 12.5. The molecule has 3 heteroatoms. The summed E-state index contributed by atoms with van der Waals surface area (Å²) in [7, 11) is 0. The van der Waals surface area contributed by atoms with Crippen LogP contribution in [-0.4, -0.2) is 11.4 Å². The number of aldehydes is 1. The van der Waals surface area contributed by atoms with Gasteiger partial charge in [-0.2, -0.15) is 0 Å². The Morgan fingerprint density at radius 1 is 1.57 bits per heavy atom. The highest BCUT2D eigenvalue weighted by Gasteiger charge is 2.15. The van der Waals surface area contributed by atoms with Crippen molar-refractivity contribution in [2.24, 2.45) is 0 Å². The van der Waals surface area contributed by atoms with Crippen LogP contribution < -0.4 is 0 Å². The molecule has 2 nitrogen and oxygen atoms in total. The van der Waals surface area contributed by atoms with E-state index in [-0.39, 0.29) is 18.1 Å². The average Bonchev–Trinajstić information content (AvgIpc) is 2.13. The maximum atomic E-state index is 13.0. The van der Waals surface area contributed by atoms with E-state index in [9.17, 15) is 14.3 Å². The summed E-state index contributed by atoms with van der Waals surface area (Å²) >= 11 is 0. The van der Waals surface area contributed by atoms with Crippen LogP contribution in [0.3, 0.4) is 0 Å². The number of carbonyl (C=O) groups excluding carboxylic acids is 1. The molecule has 0 saturated heterocycles. The molecule has 0 aromatic heterocycles. The highest BCUT2D eigenvalue weighted by molar-refractivity contribution is 5.53. The molecule has 0 bridgehead atoms. The Balaban J connectivity index is 3.17. The van der Waals surface area contributed by atoms with E-state index in [4.69, 9.17) is 0 Å². The summed E-state index contributed by atoms with van der Waals surface area (Å²) in [4.78, 5) is 10.3. The largest absolute Gasteiger partial charge is 0.505 e. The quantitative estimate of drug-likeness (QED) is 0.754. The lowest BCUT2D eigenvalue weighted by molar-refractivity contribution is -0.108. The lowest BCUT2D eigenvalue weighted by atomic mass is 9.93. The van der Waals surface area contributed by atoms with E-state index < -0.39 is 5.82 Å². The second-order valence-corrected chi connectivity index (χ2v) is 3.43. The molecule has 0 radical (unpaired) electrons. The summed E-state index contributed by atoms with van der Waals surface area (Å²) < 4.78 is 13.0. The van der Waals surface area contributed by atoms with Gasteiger partial charge >= 0.3 is 0 Å². The van der Waals surface area contributed by atoms with Gasteiger partial charge in [0, 0.05) is 12.0 Å². The number of aryl methyl sites for hydroxylation is 1. The van der Waals surface area contributed by atoms with Crippen molar-refractivity contribution in [1.82, 2.24) is 0 Å². The molecule has 0 amide bonds. The van der Waals surface area contributed by atoms with Crippen LogP contribution in [0.2, 0.25) is 0 Å². The molecule has 76 valence electrons. The molecule has 1 aromatic rings. The van der Waals surface area contributed by atoms with Crippen LogP contribution in [-0.2, 0) is 4.79 Å². The third-order valence-electron chi connectivity index (χ3n) is 2.33. The van der Waals surface area contributed by atoms with Crippen LogP contribution in [0.25, 0.3) is 0 Å². The molecule has 0 aliphatic rings. The van der Waals surface area contributed by atoms with Crippen molar-refractivity contribution in [1.29, 1.82) is 0 Å². The number of phenols is 1. The van der Waals surface area contributed by atoms with Crippen LogP contribution in [0, 0.1) is 12.7 Å². The highest BCUT2D eigenvalue weighted by Crippen LogP contribution is 2.32. The zero-order valence-corrected chi connectivity index (χ0v) is 8.25. The Hall–Kier alpha value is -1.38. The Labute approximate surface area is 82.4 Å². The molecule has 1 rings (SSSR count). The number of hydrogen-bond acceptors (Lipinski definition) is 2. The van der Waals surface area contributed by atoms with Gasteiger partial charge in [-0.25, -0.2) is 4.39 Å². The van der Waals surface area contributed by atoms with Crippen molar-refractivity contribution in [3.05, 3.63) is 29.1 Å². The standard InChI is InChI=1S/C11H13FO2/c1-7-3-4-9(12)11(14)10(7)8(2)5-6-13/h3-4,6,8,14H,5H2,1-2H3. The third kappa shape index (κ3) is 1.92. The number of phenolic OH excluding ortho intramolecular Hbond substituents is 1. The topological polar surface area (TPSA) is 37.3 Å². The average molecular weight is 196 g/mol. The third-order valence-corrected chi connectivity index (χ3v) is 2.33. The first-order valence-electron chi connectivity index (χ1n) is 4.49. The van der Waals surface area contributed by atoms with Crippen molar-refractivity contribution in [3.63, 3.8) is 0 Å². The molecule has 0 saturated carbocycles. The zero-order chi connectivity index (χ0) is 10.7. The fraction of sp³-hybridized carbons (Fsp3) is 0.364. The fourth-order valence-corrected chi connectivity index (χ4v) is 1.57. The van der Waals surface area contributed by atoms with Gasteiger partial charge in [-0.15, -0.1) is 0 Å². The first-order chi connectivity index (χ1) is 6.57. The van der Waals surface area contributed by atoms with E-state index in [1.807, 2.05) is 0 Å². The number of benzene rings is 1. The number of carbonyl (C=O) groups is 1. The Morgan fingerprint density at radius 3 is 2.79 bits per heavy atom. The van der Waals surface area contributed by atoms with E-state index >= 15 is 0 Å². The smallest absolute Gasteiger partial charge is 0.165 e. The maximum absolute atomic E-state index is 13.0. The summed E-state index contributed by atoms with van der Waals surface area (Å²) in [6.07, 6.45) is 1.06.